The van der Waals surface area contributed by atoms with Gasteiger partial charge in [0.2, 0.25) is 0 Å². The number of hydrogen-bond acceptors (Lipinski definition) is 4. The van der Waals surface area contributed by atoms with Crippen LogP contribution in [0.3, 0.4) is 0 Å². The summed E-state index contributed by atoms with van der Waals surface area (Å²) < 4.78 is 18.0. The molecule has 96 valence electrons. The SMILES string of the molecule is COC(=O)C1CCN(C(=O)c2ccncc2F)C1. The highest BCUT2D eigenvalue weighted by Gasteiger charge is 2.32. The fourth-order valence-electron chi connectivity index (χ4n) is 2.02. The van der Waals surface area contributed by atoms with E-state index in [1.165, 1.54) is 24.3 Å². The van der Waals surface area contributed by atoms with E-state index in [1.54, 1.807) is 0 Å². The Morgan fingerprint density at radius 3 is 3.00 bits per heavy atom. The van der Waals surface area contributed by atoms with Gasteiger partial charge in [0, 0.05) is 19.3 Å². The third-order valence-electron chi connectivity index (χ3n) is 3.01. The van der Waals surface area contributed by atoms with Crippen molar-refractivity contribution in [1.82, 2.24) is 9.88 Å². The molecular weight excluding hydrogens is 239 g/mol. The lowest BCUT2D eigenvalue weighted by atomic mass is 10.1. The van der Waals surface area contributed by atoms with E-state index >= 15 is 0 Å². The first-order valence-corrected chi connectivity index (χ1v) is 5.60. The monoisotopic (exact) mass is 252 g/mol. The van der Waals surface area contributed by atoms with E-state index < -0.39 is 11.7 Å². The summed E-state index contributed by atoms with van der Waals surface area (Å²) in [7, 11) is 1.31. The van der Waals surface area contributed by atoms with Gasteiger partial charge in [0.15, 0.2) is 5.82 Å². The summed E-state index contributed by atoms with van der Waals surface area (Å²) in [6, 6.07) is 1.34. The van der Waals surface area contributed by atoms with Crippen LogP contribution >= 0.6 is 0 Å². The molecule has 1 aromatic rings. The van der Waals surface area contributed by atoms with Gasteiger partial charge in [-0.2, -0.15) is 0 Å². The molecule has 1 aromatic heterocycles. The number of carbonyl (C=O) groups excluding carboxylic acids is 2. The number of pyridine rings is 1. The Kier molecular flexibility index (Phi) is 3.55. The summed E-state index contributed by atoms with van der Waals surface area (Å²) in [4.78, 5) is 28.4. The third kappa shape index (κ3) is 2.32. The van der Waals surface area contributed by atoms with Gasteiger partial charge in [-0.05, 0) is 12.5 Å². The molecule has 0 saturated carbocycles. The zero-order valence-corrected chi connectivity index (χ0v) is 9.93. The maximum Gasteiger partial charge on any atom is 0.310 e. The van der Waals surface area contributed by atoms with E-state index in [-0.39, 0.29) is 24.0 Å². The summed E-state index contributed by atoms with van der Waals surface area (Å²) in [6.45, 7) is 0.702. The lowest BCUT2D eigenvalue weighted by Crippen LogP contribution is -2.30. The Bertz CT molecular complexity index is 478. The Balaban J connectivity index is 2.08. The molecule has 6 heteroatoms. The maximum absolute atomic E-state index is 13.4. The predicted octanol–water partition coefficient (Wildman–Crippen LogP) is 0.856. The number of halogens is 1. The number of hydrogen-bond donors (Lipinski definition) is 0. The molecule has 0 bridgehead atoms. The molecule has 1 atom stereocenters. The van der Waals surface area contributed by atoms with Crippen LogP contribution in [0.1, 0.15) is 16.8 Å². The van der Waals surface area contributed by atoms with Crippen LogP contribution in [0, 0.1) is 11.7 Å². The molecule has 1 amide bonds. The number of likely N-dealkylation sites (tertiary alicyclic amines) is 1. The summed E-state index contributed by atoms with van der Waals surface area (Å²) in [5.74, 6) is -1.71. The van der Waals surface area contributed by atoms with Gasteiger partial charge in [0.1, 0.15) is 0 Å². The molecule has 0 N–H and O–H groups in total. The lowest BCUT2D eigenvalue weighted by molar-refractivity contribution is -0.144. The largest absolute Gasteiger partial charge is 0.469 e. The number of nitrogens with zero attached hydrogens (tertiary/aromatic N) is 2. The van der Waals surface area contributed by atoms with Crippen molar-refractivity contribution in [3.05, 3.63) is 29.8 Å². The zero-order valence-electron chi connectivity index (χ0n) is 9.93. The van der Waals surface area contributed by atoms with Crippen LogP contribution in [-0.4, -0.2) is 42.0 Å². The van der Waals surface area contributed by atoms with Crippen LogP contribution in [0.5, 0.6) is 0 Å². The highest BCUT2D eigenvalue weighted by molar-refractivity contribution is 5.95. The molecule has 1 fully saturated rings. The first kappa shape index (κ1) is 12.5. The van der Waals surface area contributed by atoms with Crippen molar-refractivity contribution in [3.8, 4) is 0 Å². The van der Waals surface area contributed by atoms with E-state index in [2.05, 4.69) is 9.72 Å². The standard InChI is InChI=1S/C12H13FN2O3/c1-18-12(17)8-3-5-15(7-8)11(16)9-2-4-14-6-10(9)13/h2,4,6,8H,3,5,7H2,1H3. The normalized spacial score (nSPS) is 18.8. The number of carbonyl (C=O) groups is 2. The Labute approximate surface area is 104 Å². The second-order valence-electron chi connectivity index (χ2n) is 4.12. The summed E-state index contributed by atoms with van der Waals surface area (Å²) in [5, 5.41) is 0. The molecule has 0 aromatic carbocycles. The van der Waals surface area contributed by atoms with E-state index in [0.717, 1.165) is 6.20 Å². The third-order valence-corrected chi connectivity index (χ3v) is 3.01. The summed E-state index contributed by atoms with van der Waals surface area (Å²) in [5.41, 5.74) is -0.0180. The molecule has 0 radical (unpaired) electrons. The predicted molar refractivity (Wildman–Crippen MR) is 60.2 cm³/mol. The molecule has 2 heterocycles. The second kappa shape index (κ2) is 5.12. The van der Waals surface area contributed by atoms with Crippen molar-refractivity contribution in [1.29, 1.82) is 0 Å². The highest BCUT2D eigenvalue weighted by Crippen LogP contribution is 2.20. The van der Waals surface area contributed by atoms with Gasteiger partial charge in [0.25, 0.3) is 5.91 Å². The van der Waals surface area contributed by atoms with Gasteiger partial charge in [-0.25, -0.2) is 4.39 Å². The first-order chi connectivity index (χ1) is 8.63. The van der Waals surface area contributed by atoms with E-state index in [1.807, 2.05) is 0 Å². The van der Waals surface area contributed by atoms with E-state index in [4.69, 9.17) is 0 Å². The average molecular weight is 252 g/mol. The van der Waals surface area contributed by atoms with Crippen LogP contribution in [0.15, 0.2) is 18.5 Å². The van der Waals surface area contributed by atoms with Crippen molar-refractivity contribution >= 4 is 11.9 Å². The minimum absolute atomic E-state index is 0.0180. The Morgan fingerprint density at radius 1 is 1.56 bits per heavy atom. The summed E-state index contributed by atoms with van der Waals surface area (Å²) in [6.07, 6.45) is 2.91. The van der Waals surface area contributed by atoms with Gasteiger partial charge in [-0.3, -0.25) is 14.6 Å². The Morgan fingerprint density at radius 2 is 2.33 bits per heavy atom. The molecule has 1 aliphatic heterocycles. The Hall–Kier alpha value is -1.98. The van der Waals surface area contributed by atoms with Crippen molar-refractivity contribution in [2.24, 2.45) is 5.92 Å². The van der Waals surface area contributed by atoms with Crippen LogP contribution < -0.4 is 0 Å². The van der Waals surface area contributed by atoms with Crippen molar-refractivity contribution in [2.45, 2.75) is 6.42 Å². The number of ether oxygens (including phenoxy) is 1. The van der Waals surface area contributed by atoms with E-state index in [0.29, 0.717) is 13.0 Å². The summed E-state index contributed by atoms with van der Waals surface area (Å²) >= 11 is 0. The van der Waals surface area contributed by atoms with Gasteiger partial charge in [-0.15, -0.1) is 0 Å². The minimum atomic E-state index is -0.649. The molecule has 1 saturated heterocycles. The number of methoxy groups -OCH3 is 1. The van der Waals surface area contributed by atoms with Crippen molar-refractivity contribution in [3.63, 3.8) is 0 Å². The highest BCUT2D eigenvalue weighted by atomic mass is 19.1. The first-order valence-electron chi connectivity index (χ1n) is 5.60. The molecule has 0 aliphatic carbocycles. The number of rotatable bonds is 2. The van der Waals surface area contributed by atoms with Crippen LogP contribution in [0.4, 0.5) is 4.39 Å². The zero-order chi connectivity index (χ0) is 13.1. The molecule has 1 aliphatic rings. The van der Waals surface area contributed by atoms with Crippen molar-refractivity contribution < 1.29 is 18.7 Å². The topological polar surface area (TPSA) is 59.5 Å². The fourth-order valence-corrected chi connectivity index (χ4v) is 2.02. The van der Waals surface area contributed by atoms with Crippen molar-refractivity contribution in [2.75, 3.05) is 20.2 Å². The maximum atomic E-state index is 13.4. The molecular formula is C12H13FN2O3. The van der Waals surface area contributed by atoms with Crippen LogP contribution in [0.2, 0.25) is 0 Å². The lowest BCUT2D eigenvalue weighted by Gasteiger charge is -2.16. The van der Waals surface area contributed by atoms with Gasteiger partial charge in [-0.1, -0.05) is 0 Å². The van der Waals surface area contributed by atoms with Crippen LogP contribution in [-0.2, 0) is 9.53 Å². The smallest absolute Gasteiger partial charge is 0.310 e. The van der Waals surface area contributed by atoms with Crippen LogP contribution in [0.25, 0.3) is 0 Å². The molecule has 18 heavy (non-hydrogen) atoms. The quantitative estimate of drug-likeness (QED) is 0.732. The molecule has 0 spiro atoms. The van der Waals surface area contributed by atoms with Gasteiger partial charge in [0.05, 0.1) is 24.8 Å². The molecule has 5 nitrogen and oxygen atoms in total. The molecule has 2 rings (SSSR count). The minimum Gasteiger partial charge on any atom is -0.469 e. The number of amides is 1. The second-order valence-corrected chi connectivity index (χ2v) is 4.12. The fraction of sp³-hybridized carbons (Fsp3) is 0.417. The average Bonchev–Trinajstić information content (AvgIpc) is 2.87. The van der Waals surface area contributed by atoms with E-state index in [9.17, 15) is 14.0 Å². The number of esters is 1. The number of aromatic nitrogens is 1. The van der Waals surface area contributed by atoms with Gasteiger partial charge >= 0.3 is 5.97 Å². The molecule has 1 unspecified atom stereocenters. The van der Waals surface area contributed by atoms with Gasteiger partial charge < -0.3 is 9.64 Å².